The molecule has 0 unspecified atom stereocenters. The van der Waals surface area contributed by atoms with Crippen LogP contribution in [-0.2, 0) is 37.9 Å². The number of benzene rings is 12. The van der Waals surface area contributed by atoms with Crippen molar-refractivity contribution in [3.63, 3.8) is 0 Å². The fourth-order valence-corrected chi connectivity index (χ4v) is 15.8. The summed E-state index contributed by atoms with van der Waals surface area (Å²) in [6.07, 6.45) is 0. The molecule has 4 aromatic heterocycles. The Bertz CT molecular complexity index is 8100. The molecule has 616 valence electrons. The van der Waals surface area contributed by atoms with E-state index in [1.807, 2.05) is 0 Å². The summed E-state index contributed by atoms with van der Waals surface area (Å²) >= 11 is 0. The maximum absolute atomic E-state index is 12.1. The van der Waals surface area contributed by atoms with Crippen LogP contribution in [0.15, 0.2) is 250 Å². The number of hydrogen-bond donors (Lipinski definition) is 0. The van der Waals surface area contributed by atoms with Gasteiger partial charge < -0.3 is 55.6 Å². The van der Waals surface area contributed by atoms with Crippen molar-refractivity contribution < 1.29 is 132 Å². The van der Waals surface area contributed by atoms with Crippen LogP contribution in [0, 0.1) is 0 Å². The fourth-order valence-electron chi connectivity index (χ4n) is 15.8. The van der Waals surface area contributed by atoms with E-state index in [4.69, 9.17) is 8.83 Å². The van der Waals surface area contributed by atoms with Crippen LogP contribution in [0.4, 0.5) is 0 Å². The lowest BCUT2D eigenvalue weighted by Gasteiger charge is -2.21. The summed E-state index contributed by atoms with van der Waals surface area (Å²) < 4.78 is 55.3. The highest BCUT2D eigenvalue weighted by molar-refractivity contribution is 6.31. The summed E-state index contributed by atoms with van der Waals surface area (Å²) in [7, 11) is 0. The first-order valence-electron chi connectivity index (χ1n) is 36.9. The lowest BCUT2D eigenvalue weighted by atomic mass is 9.89. The van der Waals surface area contributed by atoms with Gasteiger partial charge in [0.25, 0.3) is 0 Å². The molecule has 0 spiro atoms. The average molecular weight is 1710 g/mol. The number of carbonyl (C=O) groups is 16. The number of furan rings is 2. The molecular weight excluding hydrogens is 1680 g/mol. The summed E-state index contributed by atoms with van der Waals surface area (Å²) in [6, 6.07) is 48.6. The molecule has 0 fully saturated rings. The zero-order valence-corrected chi connectivity index (χ0v) is 63.2. The van der Waals surface area contributed by atoms with Crippen molar-refractivity contribution in [3.05, 3.63) is 366 Å². The monoisotopic (exact) mass is 1710 g/mol. The molecule has 36 nitrogen and oxygen atoms in total. The molecule has 8 aliphatic heterocycles. The number of carbonyl (C=O) groups excluding carboxylic acids is 16. The van der Waals surface area contributed by atoms with Crippen molar-refractivity contribution >= 4 is 171 Å². The van der Waals surface area contributed by atoms with Crippen molar-refractivity contribution in [3.8, 4) is 33.4 Å². The third kappa shape index (κ3) is 12.4. The molecule has 36 heteroatoms. The molecule has 0 saturated heterocycles. The highest BCUT2D eigenvalue weighted by atomic mass is 16.6. The number of fused-ring (bicyclic) bond motifs is 12. The Labute approximate surface area is 699 Å². The first-order valence-corrected chi connectivity index (χ1v) is 36.9. The van der Waals surface area contributed by atoms with Gasteiger partial charge in [-0.2, -0.15) is 0 Å². The molecule has 12 aromatic carbocycles. The quantitative estimate of drug-likeness (QED) is 0.0902. The van der Waals surface area contributed by atoms with Crippen LogP contribution in [-0.4, -0.2) is 95.5 Å². The molecule has 0 amide bonds. The van der Waals surface area contributed by atoms with Gasteiger partial charge in [-0.1, -0.05) is 91.0 Å². The molecule has 0 atom stereocenters. The van der Waals surface area contributed by atoms with E-state index in [1.165, 1.54) is 115 Å². The zero-order chi connectivity index (χ0) is 89.8. The van der Waals surface area contributed by atoms with Crippen molar-refractivity contribution in [2.24, 2.45) is 0 Å². The molecule has 128 heavy (non-hydrogen) atoms. The van der Waals surface area contributed by atoms with Gasteiger partial charge in [-0.3, -0.25) is 0 Å². The van der Waals surface area contributed by atoms with E-state index in [0.717, 1.165) is 0 Å². The van der Waals surface area contributed by atoms with E-state index in [2.05, 4.69) is 46.7 Å². The number of hydrogen-bond acceptors (Lipinski definition) is 36. The molecule has 0 N–H and O–H groups in total. The van der Waals surface area contributed by atoms with E-state index in [9.17, 15) is 115 Å². The minimum atomic E-state index is -0.932. The van der Waals surface area contributed by atoms with Crippen LogP contribution in [0.1, 0.15) is 166 Å². The number of rotatable bonds is 3. The Kier molecular flexibility index (Phi) is 18.0. The van der Waals surface area contributed by atoms with Crippen LogP contribution in [0.3, 0.4) is 0 Å². The fraction of sp³-hybridized carbons (Fsp3) is 0. The third-order valence-electron chi connectivity index (χ3n) is 21.3. The summed E-state index contributed by atoms with van der Waals surface area (Å²) in [6.45, 7) is 0. The van der Waals surface area contributed by atoms with Gasteiger partial charge in [0.05, 0.1) is 132 Å². The van der Waals surface area contributed by atoms with Crippen LogP contribution in [0.2, 0.25) is 0 Å². The summed E-state index contributed by atoms with van der Waals surface area (Å²) in [5, 5.41) is 1.55. The van der Waals surface area contributed by atoms with Crippen molar-refractivity contribution in [1.29, 1.82) is 0 Å². The topological polar surface area (TPSA) is 536 Å². The second-order valence-electron chi connectivity index (χ2n) is 28.2. The molecule has 0 radical (unpaired) electrons. The van der Waals surface area contributed by atoms with Crippen molar-refractivity contribution in [2.45, 2.75) is 0 Å². The highest BCUT2D eigenvalue weighted by Crippen LogP contribution is 2.41. The van der Waals surface area contributed by atoms with Gasteiger partial charge in [0.2, 0.25) is 0 Å². The Morgan fingerprint density at radius 2 is 0.352 bits per heavy atom. The predicted molar refractivity (Wildman–Crippen MR) is 428 cm³/mol. The minimum absolute atomic E-state index is 0.0102. The van der Waals surface area contributed by atoms with E-state index in [0.29, 0.717) is 44.2 Å². The Morgan fingerprint density at radius 3 is 0.680 bits per heavy atom. The van der Waals surface area contributed by atoms with Gasteiger partial charge >= 0.3 is 141 Å². The van der Waals surface area contributed by atoms with Gasteiger partial charge in [-0.25, -0.2) is 115 Å². The number of esters is 16. The van der Waals surface area contributed by atoms with Crippen molar-refractivity contribution in [2.75, 3.05) is 0 Å². The number of cyclic esters (lactones) is 16. The van der Waals surface area contributed by atoms with Gasteiger partial charge in [-0.15, -0.1) is 0 Å². The third-order valence-corrected chi connectivity index (χ3v) is 21.3. The molecule has 8 aliphatic rings. The van der Waals surface area contributed by atoms with Crippen LogP contribution in [0.5, 0.6) is 0 Å². The zero-order valence-electron chi connectivity index (χ0n) is 63.2. The standard InChI is InChI=1S/4C16H6O6.2C14H4O6/c17-13-9-3-1-7(5-11(9)15(19)21-13)8-2-4-10-12(6-8)16(20)22-14(10)18;17-13-9-5-1-3-7(11(9)15(19)21-13)8-4-2-6-10-12(8)16(20)22-14(10)18;17-13-7-3-1-4-8-11(7)12-9(15(19)21-13)5-2-6-10(12)16(20)22-14(8)18;17-13-9-5-4-7(6-11(9)15(19)21-13)8-2-1-3-10-12(8)16(20)22-14(10)18;15-11-5-1-2-6-10-8(14(18)20-12(6)16)4-3-7(9(5)10)13(17)19-11;15-11-7-5-3-1-2-4-6(5)8-10(9(7)13(17)19-11)14(18)20-12(8)16/h4*1-6H;2*1-4H. The van der Waals surface area contributed by atoms with E-state index < -0.39 is 141 Å². The second kappa shape index (κ2) is 29.3. The lowest BCUT2D eigenvalue weighted by Crippen LogP contribution is -2.25. The maximum atomic E-state index is 12.1. The van der Waals surface area contributed by atoms with Gasteiger partial charge in [0, 0.05) is 21.5 Å². The van der Waals surface area contributed by atoms with E-state index in [-0.39, 0.29) is 154 Å². The molecule has 24 rings (SSSR count). The first kappa shape index (κ1) is 78.7. The summed E-state index contributed by atoms with van der Waals surface area (Å²) in [4.78, 5) is 282. The van der Waals surface area contributed by atoms with Crippen LogP contribution >= 0.6 is 0 Å². The molecule has 0 bridgehead atoms. The van der Waals surface area contributed by atoms with E-state index in [1.54, 1.807) is 78.9 Å². The SMILES string of the molecule is O=C1OC(=O)c2c1cccc2-c1cccc2c1C(=O)OC2=O.O=C1OC(=O)c2cc(-c3ccc4c(c3)C(=O)OC4=O)ccc21.O=C1OC(=O)c2cc(-c3cccc4c3C(=O)OC4=O)ccc21.O=C1OC(=O)c2ccc3c4c(ccc1c24)C(=O)OC3=O.O=c1oc(=O)c2c1c1ccccc1c1c(=O)oc(=O)c12.O=c1oc(=O)c2cccc3c(=O)oc(=O)c4cccc1c4c23. The smallest absolute Gasteiger partial charge is 0.347 e. The largest absolute Gasteiger partial charge is 0.386 e. The average Bonchev–Trinajstić information content (AvgIpc) is 1.42. The van der Waals surface area contributed by atoms with Crippen molar-refractivity contribution in [1.82, 2.24) is 0 Å². The normalized spacial score (nSPS) is 14.3. The molecular formula is C92H32O36. The Morgan fingerprint density at radius 1 is 0.133 bits per heavy atom. The van der Waals surface area contributed by atoms with Crippen LogP contribution in [0.25, 0.3) is 109 Å². The molecule has 0 saturated carbocycles. The van der Waals surface area contributed by atoms with Gasteiger partial charge in [0.1, 0.15) is 0 Å². The maximum Gasteiger partial charge on any atom is 0.347 e. The summed E-state index contributed by atoms with van der Waals surface area (Å²) in [5.74, 6) is -11.8. The van der Waals surface area contributed by atoms with Crippen LogP contribution < -0.4 is 45.0 Å². The van der Waals surface area contributed by atoms with Gasteiger partial charge in [-0.05, 0) is 147 Å². The molecule has 12 heterocycles. The molecule has 0 aliphatic carbocycles. The summed E-state index contributed by atoms with van der Waals surface area (Å²) in [5.41, 5.74) is -1.51. The highest BCUT2D eigenvalue weighted by Gasteiger charge is 2.41. The minimum Gasteiger partial charge on any atom is -0.386 e. The predicted octanol–water partition coefficient (Wildman–Crippen LogP) is 9.24. The first-order chi connectivity index (χ1) is 61.4. The molecule has 16 aromatic rings. The Hall–Kier alpha value is -19.2. The van der Waals surface area contributed by atoms with Gasteiger partial charge in [0.15, 0.2) is 0 Å². The van der Waals surface area contributed by atoms with E-state index >= 15 is 0 Å². The number of ether oxygens (including phenoxy) is 8. The Balaban J connectivity index is 0.0000001000. The second-order valence-corrected chi connectivity index (χ2v) is 28.2. The lowest BCUT2D eigenvalue weighted by molar-refractivity contribution is 0.0366.